The largest absolute Gasteiger partial charge is 0.364 e. The van der Waals surface area contributed by atoms with E-state index >= 15 is 0 Å². The average Bonchev–Trinajstić information content (AvgIpc) is 2.97. The lowest BCUT2D eigenvalue weighted by Gasteiger charge is -1.88. The molecular formula is C10H15NO3. The number of isocyanates is 1. The van der Waals surface area contributed by atoms with Crippen molar-refractivity contribution in [3.63, 3.8) is 0 Å². The number of hydrogen-bond acceptors (Lipinski definition) is 4. The van der Waals surface area contributed by atoms with Gasteiger partial charge in [-0.3, -0.25) is 4.79 Å². The van der Waals surface area contributed by atoms with E-state index in [-0.39, 0.29) is 11.9 Å². The normalized spacial score (nSPS) is 17.1. The van der Waals surface area contributed by atoms with Crippen molar-refractivity contribution in [2.75, 3.05) is 13.2 Å². The van der Waals surface area contributed by atoms with Crippen molar-refractivity contribution >= 4 is 11.9 Å². The highest BCUT2D eigenvalue weighted by Crippen LogP contribution is 2.13. The van der Waals surface area contributed by atoms with Gasteiger partial charge in [-0.1, -0.05) is 13.5 Å². The molecule has 0 amide bonds. The summed E-state index contributed by atoms with van der Waals surface area (Å²) >= 11 is 0. The Labute approximate surface area is 83.7 Å². The Morgan fingerprint density at radius 1 is 1.71 bits per heavy atom. The molecule has 1 fully saturated rings. The highest BCUT2D eigenvalue weighted by Gasteiger charge is 2.30. The van der Waals surface area contributed by atoms with Gasteiger partial charge in [-0.2, -0.15) is 0 Å². The number of aliphatic imine (C=N–C) groups is 1. The maximum absolute atomic E-state index is 10.7. The summed E-state index contributed by atoms with van der Waals surface area (Å²) in [7, 11) is 0. The zero-order valence-corrected chi connectivity index (χ0v) is 8.58. The highest BCUT2D eigenvalue weighted by molar-refractivity contribution is 5.99. The Bertz CT molecular complexity index is 250. The monoisotopic (exact) mass is 197 g/mol. The van der Waals surface area contributed by atoms with E-state index in [1.807, 2.05) is 6.92 Å². The first-order chi connectivity index (χ1) is 6.63. The molecule has 1 aliphatic heterocycles. The molecule has 4 heteroatoms. The maximum Gasteiger partial charge on any atom is 0.234 e. The van der Waals surface area contributed by atoms with Crippen molar-refractivity contribution < 1.29 is 14.3 Å². The number of carbonyl (C=O) groups excluding carboxylic acids is 2. The number of Topliss-reactive ketones (excluding diaryl/α,β-unsaturated/α-hetero) is 1. The number of nitrogens with zero attached hydrogens (tertiary/aromatic N) is 1. The summed E-state index contributed by atoms with van der Waals surface area (Å²) in [6.07, 6.45) is 2.22. The van der Waals surface area contributed by atoms with Crippen LogP contribution in [0.1, 0.15) is 20.3 Å². The summed E-state index contributed by atoms with van der Waals surface area (Å²) in [5.74, 6) is 0.0463. The fourth-order valence-electron chi connectivity index (χ4n) is 0.632. The van der Waals surface area contributed by atoms with E-state index in [0.717, 1.165) is 6.42 Å². The summed E-state index contributed by atoms with van der Waals surface area (Å²) in [6.45, 7) is 8.35. The number of ether oxygens (including phenoxy) is 1. The van der Waals surface area contributed by atoms with Crippen LogP contribution in [0.2, 0.25) is 0 Å². The van der Waals surface area contributed by atoms with Crippen LogP contribution >= 0.6 is 0 Å². The topological polar surface area (TPSA) is 59.0 Å². The number of ketones is 1. The SMILES string of the molecule is C=C(C)C(=O)C1CO1.CCCN=C=O. The number of epoxide rings is 1. The second-order valence-corrected chi connectivity index (χ2v) is 2.94. The molecule has 1 heterocycles. The van der Waals surface area contributed by atoms with Gasteiger partial charge in [-0.25, -0.2) is 9.79 Å². The molecule has 0 bridgehead atoms. The molecule has 1 unspecified atom stereocenters. The third-order valence-electron chi connectivity index (χ3n) is 1.45. The van der Waals surface area contributed by atoms with E-state index in [1.165, 1.54) is 6.08 Å². The lowest BCUT2D eigenvalue weighted by Crippen LogP contribution is -2.05. The minimum absolute atomic E-state index is 0.0463. The van der Waals surface area contributed by atoms with Crippen molar-refractivity contribution in [2.45, 2.75) is 26.4 Å². The van der Waals surface area contributed by atoms with E-state index in [2.05, 4.69) is 11.6 Å². The molecule has 0 N–H and O–H groups in total. The number of hydrogen-bond donors (Lipinski definition) is 0. The molecule has 14 heavy (non-hydrogen) atoms. The summed E-state index contributed by atoms with van der Waals surface area (Å²) in [4.78, 5) is 23.2. The van der Waals surface area contributed by atoms with Gasteiger partial charge < -0.3 is 4.74 Å². The van der Waals surface area contributed by atoms with Crippen molar-refractivity contribution in [2.24, 2.45) is 4.99 Å². The van der Waals surface area contributed by atoms with E-state index < -0.39 is 0 Å². The first kappa shape index (κ1) is 12.8. The molecule has 4 nitrogen and oxygen atoms in total. The lowest BCUT2D eigenvalue weighted by molar-refractivity contribution is -0.116. The van der Waals surface area contributed by atoms with Crippen LogP contribution in [0.5, 0.6) is 0 Å². The van der Waals surface area contributed by atoms with Crippen LogP contribution in [0.25, 0.3) is 0 Å². The van der Waals surface area contributed by atoms with Gasteiger partial charge in [0.2, 0.25) is 6.08 Å². The standard InChI is InChI=1S/C6H8O2.C4H7NO/c1-4(2)6(7)5-3-8-5;1-2-3-5-4-6/h5H,1,3H2,2H3;2-3H2,1H3. The summed E-state index contributed by atoms with van der Waals surface area (Å²) in [5.41, 5.74) is 0.590. The molecule has 1 rings (SSSR count). The predicted molar refractivity (Wildman–Crippen MR) is 52.8 cm³/mol. The van der Waals surface area contributed by atoms with Crippen molar-refractivity contribution in [3.05, 3.63) is 12.2 Å². The van der Waals surface area contributed by atoms with Gasteiger partial charge in [0.1, 0.15) is 6.10 Å². The fraction of sp³-hybridized carbons (Fsp3) is 0.600. The van der Waals surface area contributed by atoms with Crippen molar-refractivity contribution in [1.82, 2.24) is 0 Å². The summed E-state index contributed by atoms with van der Waals surface area (Å²) < 4.78 is 4.72. The maximum atomic E-state index is 10.7. The molecule has 0 aliphatic carbocycles. The van der Waals surface area contributed by atoms with Crippen LogP contribution in [0.4, 0.5) is 0 Å². The Kier molecular flexibility index (Phi) is 6.54. The van der Waals surface area contributed by atoms with Crippen LogP contribution < -0.4 is 0 Å². The van der Waals surface area contributed by atoms with Crippen molar-refractivity contribution in [3.8, 4) is 0 Å². The first-order valence-electron chi connectivity index (χ1n) is 4.48. The average molecular weight is 197 g/mol. The quantitative estimate of drug-likeness (QED) is 0.295. The minimum Gasteiger partial charge on any atom is -0.364 e. The van der Waals surface area contributed by atoms with Gasteiger partial charge >= 0.3 is 0 Å². The molecule has 0 radical (unpaired) electrons. The smallest absolute Gasteiger partial charge is 0.234 e. The molecular weight excluding hydrogens is 182 g/mol. The highest BCUT2D eigenvalue weighted by atomic mass is 16.6. The van der Waals surface area contributed by atoms with Gasteiger partial charge in [0, 0.05) is 0 Å². The zero-order chi connectivity index (χ0) is 11.0. The second kappa shape index (κ2) is 7.18. The Morgan fingerprint density at radius 2 is 2.29 bits per heavy atom. The van der Waals surface area contributed by atoms with Gasteiger partial charge in [0.05, 0.1) is 13.2 Å². The molecule has 1 saturated heterocycles. The minimum atomic E-state index is -0.146. The van der Waals surface area contributed by atoms with Gasteiger partial charge in [0.25, 0.3) is 0 Å². The van der Waals surface area contributed by atoms with E-state index in [0.29, 0.717) is 18.7 Å². The van der Waals surface area contributed by atoms with Gasteiger partial charge in [0.15, 0.2) is 5.78 Å². The molecule has 0 spiro atoms. The Hall–Kier alpha value is -1.25. The lowest BCUT2D eigenvalue weighted by atomic mass is 10.2. The van der Waals surface area contributed by atoms with Crippen LogP contribution in [0.15, 0.2) is 17.1 Å². The molecule has 0 aromatic rings. The Morgan fingerprint density at radius 3 is 2.43 bits per heavy atom. The van der Waals surface area contributed by atoms with Crippen LogP contribution in [-0.2, 0) is 14.3 Å². The molecule has 0 aromatic carbocycles. The summed E-state index contributed by atoms with van der Waals surface area (Å²) in [5, 5.41) is 0. The summed E-state index contributed by atoms with van der Waals surface area (Å²) in [6, 6.07) is 0. The van der Waals surface area contributed by atoms with Crippen LogP contribution in [-0.4, -0.2) is 31.1 Å². The van der Waals surface area contributed by atoms with E-state index in [4.69, 9.17) is 4.74 Å². The molecule has 1 aliphatic rings. The van der Waals surface area contributed by atoms with Crippen LogP contribution in [0, 0.1) is 0 Å². The fourth-order valence-corrected chi connectivity index (χ4v) is 0.632. The number of carbonyl (C=O) groups is 1. The Balaban J connectivity index is 0.000000255. The predicted octanol–water partition coefficient (Wildman–Crippen LogP) is 1.26. The van der Waals surface area contributed by atoms with E-state index in [9.17, 15) is 9.59 Å². The third-order valence-corrected chi connectivity index (χ3v) is 1.45. The second-order valence-electron chi connectivity index (χ2n) is 2.94. The molecule has 0 saturated carbocycles. The molecule has 78 valence electrons. The van der Waals surface area contributed by atoms with Gasteiger partial charge in [-0.05, 0) is 18.9 Å². The van der Waals surface area contributed by atoms with Gasteiger partial charge in [-0.15, -0.1) is 0 Å². The molecule has 1 atom stereocenters. The first-order valence-corrected chi connectivity index (χ1v) is 4.48. The third kappa shape index (κ3) is 6.29. The zero-order valence-electron chi connectivity index (χ0n) is 8.58. The molecule has 0 aromatic heterocycles. The number of rotatable bonds is 4. The van der Waals surface area contributed by atoms with Crippen molar-refractivity contribution in [1.29, 1.82) is 0 Å². The van der Waals surface area contributed by atoms with Crippen LogP contribution in [0.3, 0.4) is 0 Å². The van der Waals surface area contributed by atoms with E-state index in [1.54, 1.807) is 6.92 Å².